The average Bonchev–Trinajstić information content (AvgIpc) is 2.29. The summed E-state index contributed by atoms with van der Waals surface area (Å²) >= 11 is 0. The minimum Gasteiger partial charge on any atom is -0.396 e. The lowest BCUT2D eigenvalue weighted by atomic mass is 10.1. The number of hydrogen-bond donors (Lipinski definition) is 3. The molecular formula is C12H21N3O. The van der Waals surface area contributed by atoms with Crippen LogP contribution in [0.2, 0.25) is 0 Å². The SMILES string of the molecule is Cc1ccnc(NCCCC(C)CO)c1N. The van der Waals surface area contributed by atoms with Gasteiger partial charge in [-0.15, -0.1) is 0 Å². The van der Waals surface area contributed by atoms with Crippen LogP contribution in [0, 0.1) is 12.8 Å². The number of aliphatic hydroxyl groups excluding tert-OH is 1. The number of rotatable bonds is 6. The fourth-order valence-corrected chi connectivity index (χ4v) is 1.46. The van der Waals surface area contributed by atoms with E-state index in [0.29, 0.717) is 5.92 Å². The van der Waals surface area contributed by atoms with Crippen molar-refractivity contribution >= 4 is 11.5 Å². The Morgan fingerprint density at radius 3 is 3.00 bits per heavy atom. The van der Waals surface area contributed by atoms with Crippen LogP contribution < -0.4 is 11.1 Å². The predicted molar refractivity (Wildman–Crippen MR) is 67.4 cm³/mol. The van der Waals surface area contributed by atoms with Crippen molar-refractivity contribution in [1.29, 1.82) is 0 Å². The number of aryl methyl sites for hydroxylation is 1. The fraction of sp³-hybridized carbons (Fsp3) is 0.583. The largest absolute Gasteiger partial charge is 0.396 e. The van der Waals surface area contributed by atoms with Gasteiger partial charge in [-0.05, 0) is 37.3 Å². The fourth-order valence-electron chi connectivity index (χ4n) is 1.46. The van der Waals surface area contributed by atoms with Crippen molar-refractivity contribution < 1.29 is 5.11 Å². The van der Waals surface area contributed by atoms with Gasteiger partial charge in [0.05, 0.1) is 5.69 Å². The van der Waals surface area contributed by atoms with E-state index in [-0.39, 0.29) is 6.61 Å². The summed E-state index contributed by atoms with van der Waals surface area (Å²) in [5.41, 5.74) is 7.65. The molecule has 0 fully saturated rings. The van der Waals surface area contributed by atoms with E-state index in [0.717, 1.165) is 36.5 Å². The third kappa shape index (κ3) is 3.70. The average molecular weight is 223 g/mol. The van der Waals surface area contributed by atoms with Gasteiger partial charge < -0.3 is 16.2 Å². The van der Waals surface area contributed by atoms with E-state index in [1.54, 1.807) is 6.20 Å². The maximum atomic E-state index is 8.88. The lowest BCUT2D eigenvalue weighted by molar-refractivity contribution is 0.229. The summed E-state index contributed by atoms with van der Waals surface area (Å²) in [6, 6.07) is 1.90. The molecule has 0 aliphatic carbocycles. The number of nitrogen functional groups attached to an aromatic ring is 1. The molecule has 0 aliphatic heterocycles. The Morgan fingerprint density at radius 2 is 2.31 bits per heavy atom. The van der Waals surface area contributed by atoms with E-state index in [1.165, 1.54) is 0 Å². The monoisotopic (exact) mass is 223 g/mol. The number of aromatic nitrogens is 1. The molecule has 1 heterocycles. The summed E-state index contributed by atoms with van der Waals surface area (Å²) in [4.78, 5) is 4.19. The maximum absolute atomic E-state index is 8.88. The topological polar surface area (TPSA) is 71.2 Å². The van der Waals surface area contributed by atoms with E-state index in [2.05, 4.69) is 10.3 Å². The molecule has 1 rings (SSSR count). The van der Waals surface area contributed by atoms with Crippen LogP contribution in [-0.2, 0) is 0 Å². The van der Waals surface area contributed by atoms with Crippen LogP contribution >= 0.6 is 0 Å². The van der Waals surface area contributed by atoms with E-state index in [9.17, 15) is 0 Å². The van der Waals surface area contributed by atoms with E-state index < -0.39 is 0 Å². The molecule has 0 spiro atoms. The number of nitrogens with zero attached hydrogens (tertiary/aromatic N) is 1. The Hall–Kier alpha value is -1.29. The Kier molecular flexibility index (Phi) is 5.05. The van der Waals surface area contributed by atoms with Crippen molar-refractivity contribution in [3.63, 3.8) is 0 Å². The lowest BCUT2D eigenvalue weighted by Crippen LogP contribution is -2.09. The Bertz CT molecular complexity index is 328. The molecule has 0 saturated carbocycles. The first-order chi connectivity index (χ1) is 7.65. The van der Waals surface area contributed by atoms with Crippen LogP contribution in [0.5, 0.6) is 0 Å². The van der Waals surface area contributed by atoms with Crippen molar-refractivity contribution in [2.75, 3.05) is 24.2 Å². The van der Waals surface area contributed by atoms with E-state index in [4.69, 9.17) is 10.8 Å². The molecular weight excluding hydrogens is 202 g/mol. The zero-order chi connectivity index (χ0) is 12.0. The molecule has 90 valence electrons. The second kappa shape index (κ2) is 6.33. The first kappa shape index (κ1) is 12.8. The smallest absolute Gasteiger partial charge is 0.149 e. The van der Waals surface area contributed by atoms with Crippen molar-refractivity contribution in [3.8, 4) is 0 Å². The van der Waals surface area contributed by atoms with Gasteiger partial charge in [-0.25, -0.2) is 4.98 Å². The zero-order valence-corrected chi connectivity index (χ0v) is 10.0. The number of nitrogens with one attached hydrogen (secondary N) is 1. The van der Waals surface area contributed by atoms with Crippen LogP contribution in [-0.4, -0.2) is 23.2 Å². The molecule has 4 N–H and O–H groups in total. The third-order valence-electron chi connectivity index (χ3n) is 2.69. The third-order valence-corrected chi connectivity index (χ3v) is 2.69. The Morgan fingerprint density at radius 1 is 1.56 bits per heavy atom. The highest BCUT2D eigenvalue weighted by atomic mass is 16.3. The standard InChI is InChI=1S/C12H21N3O/c1-9(8-16)4-3-6-14-12-11(13)10(2)5-7-15-12/h5,7,9,16H,3-4,6,8,13H2,1-2H3,(H,14,15). The number of nitrogens with two attached hydrogens (primary N) is 1. The van der Waals surface area contributed by atoms with Gasteiger partial charge in [-0.2, -0.15) is 0 Å². The number of aliphatic hydroxyl groups is 1. The summed E-state index contributed by atoms with van der Waals surface area (Å²) in [6.45, 7) is 5.10. The van der Waals surface area contributed by atoms with Crippen LogP contribution in [0.15, 0.2) is 12.3 Å². The molecule has 0 radical (unpaired) electrons. The first-order valence-electron chi connectivity index (χ1n) is 5.71. The molecule has 0 bridgehead atoms. The second-order valence-electron chi connectivity index (χ2n) is 4.25. The number of anilines is 2. The van der Waals surface area contributed by atoms with Crippen molar-refractivity contribution in [1.82, 2.24) is 4.98 Å². The number of hydrogen-bond acceptors (Lipinski definition) is 4. The van der Waals surface area contributed by atoms with E-state index >= 15 is 0 Å². The molecule has 0 amide bonds. The van der Waals surface area contributed by atoms with Crippen LogP contribution in [0.4, 0.5) is 11.5 Å². The normalized spacial score (nSPS) is 12.4. The maximum Gasteiger partial charge on any atom is 0.149 e. The summed E-state index contributed by atoms with van der Waals surface area (Å²) in [6.07, 6.45) is 3.77. The zero-order valence-electron chi connectivity index (χ0n) is 10.0. The van der Waals surface area contributed by atoms with Gasteiger partial charge in [0, 0.05) is 19.3 Å². The predicted octanol–water partition coefficient (Wildman–Crippen LogP) is 1.79. The Labute approximate surface area is 96.9 Å². The van der Waals surface area contributed by atoms with Gasteiger partial charge in [-0.1, -0.05) is 6.92 Å². The molecule has 1 aromatic heterocycles. The minimum atomic E-state index is 0.255. The Balaban J connectivity index is 2.35. The molecule has 16 heavy (non-hydrogen) atoms. The van der Waals surface area contributed by atoms with Gasteiger partial charge in [0.15, 0.2) is 0 Å². The van der Waals surface area contributed by atoms with Gasteiger partial charge in [0.2, 0.25) is 0 Å². The number of pyridine rings is 1. The van der Waals surface area contributed by atoms with Gasteiger partial charge in [0.1, 0.15) is 5.82 Å². The molecule has 0 saturated heterocycles. The van der Waals surface area contributed by atoms with Gasteiger partial charge in [0.25, 0.3) is 0 Å². The molecule has 0 aliphatic rings. The highest BCUT2D eigenvalue weighted by Crippen LogP contribution is 2.18. The summed E-state index contributed by atoms with van der Waals surface area (Å²) < 4.78 is 0. The van der Waals surface area contributed by atoms with Crippen molar-refractivity contribution in [2.45, 2.75) is 26.7 Å². The molecule has 0 aromatic carbocycles. The lowest BCUT2D eigenvalue weighted by Gasteiger charge is -2.11. The molecule has 1 aromatic rings. The van der Waals surface area contributed by atoms with Crippen molar-refractivity contribution in [2.24, 2.45) is 5.92 Å². The summed E-state index contributed by atoms with van der Waals surface area (Å²) in [5, 5.41) is 12.1. The molecule has 1 unspecified atom stereocenters. The highest BCUT2D eigenvalue weighted by Gasteiger charge is 2.03. The van der Waals surface area contributed by atoms with Crippen LogP contribution in [0.25, 0.3) is 0 Å². The van der Waals surface area contributed by atoms with Gasteiger partial charge >= 0.3 is 0 Å². The van der Waals surface area contributed by atoms with Crippen molar-refractivity contribution in [3.05, 3.63) is 17.8 Å². The summed E-state index contributed by atoms with van der Waals surface area (Å²) in [5.74, 6) is 1.13. The van der Waals surface area contributed by atoms with E-state index in [1.807, 2.05) is 19.9 Å². The van der Waals surface area contributed by atoms with Gasteiger partial charge in [-0.3, -0.25) is 0 Å². The van der Waals surface area contributed by atoms with Crippen LogP contribution in [0.3, 0.4) is 0 Å². The summed E-state index contributed by atoms with van der Waals surface area (Å²) in [7, 11) is 0. The molecule has 4 heteroatoms. The minimum absolute atomic E-state index is 0.255. The van der Waals surface area contributed by atoms with Crippen LogP contribution in [0.1, 0.15) is 25.3 Å². The first-order valence-corrected chi connectivity index (χ1v) is 5.71. The quantitative estimate of drug-likeness (QED) is 0.643. The second-order valence-corrected chi connectivity index (χ2v) is 4.25. The molecule has 4 nitrogen and oxygen atoms in total. The molecule has 1 atom stereocenters. The highest BCUT2D eigenvalue weighted by molar-refractivity contribution is 5.64.